The van der Waals surface area contributed by atoms with E-state index >= 15 is 0 Å². The van der Waals surface area contributed by atoms with E-state index in [1.807, 2.05) is 19.1 Å². The van der Waals surface area contributed by atoms with E-state index in [-0.39, 0.29) is 24.0 Å². The maximum atomic E-state index is 5.41. The second-order valence-corrected chi connectivity index (χ2v) is 5.46. The Labute approximate surface area is 172 Å². The van der Waals surface area contributed by atoms with Crippen LogP contribution in [0.1, 0.15) is 43.4 Å². The Hall–Kier alpha value is -1.84. The van der Waals surface area contributed by atoms with Crippen molar-refractivity contribution in [1.82, 2.24) is 20.8 Å². The minimum Gasteiger partial charge on any atom is -0.481 e. The first-order valence-corrected chi connectivity index (χ1v) is 8.69. The average molecular weight is 473 g/mol. The number of hydrogen-bond acceptors (Lipinski definition) is 5. The van der Waals surface area contributed by atoms with E-state index in [0.29, 0.717) is 19.0 Å². The topological polar surface area (TPSA) is 84.6 Å². The van der Waals surface area contributed by atoms with Crippen LogP contribution in [-0.2, 0) is 25.9 Å². The molecule has 7 nitrogen and oxygen atoms in total. The van der Waals surface area contributed by atoms with Gasteiger partial charge in [0.05, 0.1) is 19.3 Å². The van der Waals surface area contributed by atoms with Gasteiger partial charge >= 0.3 is 0 Å². The quantitative estimate of drug-likeness (QED) is 0.348. The fraction of sp³-hybridized carbons (Fsp3) is 0.500. The molecular formula is C18H28IN5O2. The lowest BCUT2D eigenvalue weighted by Crippen LogP contribution is -2.37. The molecule has 2 aromatic heterocycles. The van der Waals surface area contributed by atoms with Crippen molar-refractivity contribution in [3.05, 3.63) is 40.9 Å². The summed E-state index contributed by atoms with van der Waals surface area (Å²) >= 11 is 0. The largest absolute Gasteiger partial charge is 0.481 e. The Morgan fingerprint density at radius 2 is 2.04 bits per heavy atom. The number of ether oxygens (including phenoxy) is 1. The summed E-state index contributed by atoms with van der Waals surface area (Å²) in [6.45, 7) is 8.08. The van der Waals surface area contributed by atoms with Crippen molar-refractivity contribution in [2.45, 2.75) is 46.7 Å². The molecular weight excluding hydrogens is 445 g/mol. The van der Waals surface area contributed by atoms with Gasteiger partial charge in [0.1, 0.15) is 5.76 Å². The highest BCUT2D eigenvalue weighted by Crippen LogP contribution is 2.16. The van der Waals surface area contributed by atoms with Gasteiger partial charge in [-0.3, -0.25) is 0 Å². The minimum atomic E-state index is 0. The van der Waals surface area contributed by atoms with Gasteiger partial charge in [-0.25, -0.2) is 9.98 Å². The van der Waals surface area contributed by atoms with Gasteiger partial charge in [-0.2, -0.15) is 0 Å². The van der Waals surface area contributed by atoms with Crippen molar-refractivity contribution in [2.24, 2.45) is 4.99 Å². The van der Waals surface area contributed by atoms with E-state index in [0.717, 1.165) is 47.9 Å². The summed E-state index contributed by atoms with van der Waals surface area (Å²) in [7, 11) is 1.61. The van der Waals surface area contributed by atoms with Crippen LogP contribution in [0.4, 0.5) is 0 Å². The molecule has 0 aliphatic carbocycles. The van der Waals surface area contributed by atoms with Crippen molar-refractivity contribution in [3.63, 3.8) is 0 Å². The number of aryl methyl sites for hydroxylation is 2. The molecule has 2 N–H and O–H groups in total. The maximum Gasteiger partial charge on any atom is 0.218 e. The molecule has 2 rings (SSSR count). The summed E-state index contributed by atoms with van der Waals surface area (Å²) in [6.07, 6.45) is 3.38. The van der Waals surface area contributed by atoms with Gasteiger partial charge in [-0.1, -0.05) is 25.1 Å². The molecule has 0 saturated heterocycles. The molecule has 0 spiro atoms. The van der Waals surface area contributed by atoms with E-state index in [2.05, 4.69) is 39.6 Å². The number of aromatic nitrogens is 2. The molecule has 0 saturated carbocycles. The Balaban J connectivity index is 0.00000338. The van der Waals surface area contributed by atoms with E-state index in [4.69, 9.17) is 9.26 Å². The van der Waals surface area contributed by atoms with Crippen LogP contribution in [0, 0.1) is 0 Å². The molecule has 2 heterocycles. The van der Waals surface area contributed by atoms with Gasteiger partial charge in [0.25, 0.3) is 0 Å². The predicted molar refractivity (Wildman–Crippen MR) is 113 cm³/mol. The van der Waals surface area contributed by atoms with Crippen LogP contribution in [0.15, 0.2) is 27.8 Å². The molecule has 0 radical (unpaired) electrons. The van der Waals surface area contributed by atoms with Gasteiger partial charge in [-0.05, 0) is 19.4 Å². The third-order valence-corrected chi connectivity index (χ3v) is 3.83. The third-order valence-electron chi connectivity index (χ3n) is 3.83. The van der Waals surface area contributed by atoms with Crippen molar-refractivity contribution in [3.8, 4) is 5.88 Å². The summed E-state index contributed by atoms with van der Waals surface area (Å²) in [5.74, 6) is 2.26. The zero-order valence-electron chi connectivity index (χ0n) is 15.8. The van der Waals surface area contributed by atoms with Crippen molar-refractivity contribution < 1.29 is 9.26 Å². The van der Waals surface area contributed by atoms with Crippen LogP contribution in [0.2, 0.25) is 0 Å². The van der Waals surface area contributed by atoms with Crippen LogP contribution in [0.25, 0.3) is 0 Å². The number of methoxy groups -OCH3 is 1. The van der Waals surface area contributed by atoms with Crippen LogP contribution >= 0.6 is 24.0 Å². The van der Waals surface area contributed by atoms with Crippen LogP contribution in [0.5, 0.6) is 5.88 Å². The lowest BCUT2D eigenvalue weighted by Gasteiger charge is -2.12. The highest BCUT2D eigenvalue weighted by atomic mass is 127. The first kappa shape index (κ1) is 22.2. The third kappa shape index (κ3) is 5.86. The summed E-state index contributed by atoms with van der Waals surface area (Å²) < 4.78 is 10.7. The highest BCUT2D eigenvalue weighted by Gasteiger charge is 2.13. The summed E-state index contributed by atoms with van der Waals surface area (Å²) in [5, 5.41) is 10.8. The summed E-state index contributed by atoms with van der Waals surface area (Å²) in [4.78, 5) is 8.83. The highest BCUT2D eigenvalue weighted by molar-refractivity contribution is 14.0. The molecule has 0 bridgehead atoms. The Morgan fingerprint density at radius 3 is 2.69 bits per heavy atom. The van der Waals surface area contributed by atoms with E-state index in [9.17, 15) is 0 Å². The van der Waals surface area contributed by atoms with E-state index < -0.39 is 0 Å². The number of halogens is 1. The Kier molecular flexibility index (Phi) is 10.0. The number of nitrogens with one attached hydrogen (secondary N) is 2. The van der Waals surface area contributed by atoms with E-state index in [1.165, 1.54) is 0 Å². The number of rotatable bonds is 8. The lowest BCUT2D eigenvalue weighted by molar-refractivity contribution is 0.380. The number of nitrogens with zero attached hydrogens (tertiary/aromatic N) is 3. The normalized spacial score (nSPS) is 11.0. The van der Waals surface area contributed by atoms with Gasteiger partial charge in [0.15, 0.2) is 5.96 Å². The first-order valence-electron chi connectivity index (χ1n) is 8.69. The van der Waals surface area contributed by atoms with Gasteiger partial charge in [0.2, 0.25) is 5.88 Å². The first-order chi connectivity index (χ1) is 12.2. The SMILES string of the molecule is CCNC(=NCc1cccnc1OC)NCc1c(CC)noc1CC.I. The molecule has 8 heteroatoms. The smallest absolute Gasteiger partial charge is 0.218 e. The molecule has 0 atom stereocenters. The van der Waals surface area contributed by atoms with Gasteiger partial charge in [0, 0.05) is 36.8 Å². The number of hydrogen-bond donors (Lipinski definition) is 2. The number of guanidine groups is 1. The lowest BCUT2D eigenvalue weighted by atomic mass is 10.1. The Morgan fingerprint density at radius 1 is 1.23 bits per heavy atom. The average Bonchev–Trinajstić information content (AvgIpc) is 3.06. The zero-order chi connectivity index (χ0) is 18.1. The molecule has 0 aliphatic heterocycles. The van der Waals surface area contributed by atoms with Crippen LogP contribution < -0.4 is 15.4 Å². The molecule has 0 amide bonds. The molecule has 0 fully saturated rings. The number of pyridine rings is 1. The fourth-order valence-corrected chi connectivity index (χ4v) is 2.54. The molecule has 0 aliphatic rings. The van der Waals surface area contributed by atoms with Crippen molar-refractivity contribution in [1.29, 1.82) is 0 Å². The number of aliphatic imine (C=N–C) groups is 1. The van der Waals surface area contributed by atoms with E-state index in [1.54, 1.807) is 13.3 Å². The molecule has 0 unspecified atom stereocenters. The van der Waals surface area contributed by atoms with Crippen LogP contribution in [-0.4, -0.2) is 29.8 Å². The summed E-state index contributed by atoms with van der Waals surface area (Å²) in [5.41, 5.74) is 3.05. The van der Waals surface area contributed by atoms with Gasteiger partial charge in [-0.15, -0.1) is 24.0 Å². The standard InChI is InChI=1S/C18H27N5O2.HI/c1-5-15-14(16(6-2)25-23-15)12-22-18(19-7-3)21-11-13-9-8-10-20-17(13)24-4;/h8-10H,5-7,11-12H2,1-4H3,(H2,19,21,22);1H. The second-order valence-electron chi connectivity index (χ2n) is 5.46. The molecule has 2 aromatic rings. The zero-order valence-corrected chi connectivity index (χ0v) is 18.2. The maximum absolute atomic E-state index is 5.41. The molecule has 144 valence electrons. The molecule has 26 heavy (non-hydrogen) atoms. The monoisotopic (exact) mass is 473 g/mol. The second kappa shape index (κ2) is 11.7. The predicted octanol–water partition coefficient (Wildman–Crippen LogP) is 3.08. The van der Waals surface area contributed by atoms with Crippen molar-refractivity contribution >= 4 is 29.9 Å². The Bertz CT molecular complexity index is 681. The van der Waals surface area contributed by atoms with Crippen molar-refractivity contribution in [2.75, 3.05) is 13.7 Å². The van der Waals surface area contributed by atoms with Crippen LogP contribution in [0.3, 0.4) is 0 Å². The minimum absolute atomic E-state index is 0. The molecule has 0 aromatic carbocycles. The summed E-state index contributed by atoms with van der Waals surface area (Å²) in [6, 6.07) is 3.84. The fourth-order valence-electron chi connectivity index (χ4n) is 2.54. The van der Waals surface area contributed by atoms with Gasteiger partial charge < -0.3 is 19.9 Å².